The molecule has 1 rings (SSSR count). The Morgan fingerprint density at radius 2 is 2.21 bits per heavy atom. The van der Waals surface area contributed by atoms with Crippen molar-refractivity contribution in [1.29, 1.82) is 0 Å². The van der Waals surface area contributed by atoms with Gasteiger partial charge in [0.05, 0.1) is 6.10 Å². The van der Waals surface area contributed by atoms with Gasteiger partial charge in [-0.15, -0.1) is 0 Å². The third-order valence-electron chi connectivity index (χ3n) is 2.99. The molecule has 1 saturated heterocycles. The highest BCUT2D eigenvalue weighted by Gasteiger charge is 2.31. The fraction of sp³-hybridized carbons (Fsp3) is 0.917. The first kappa shape index (κ1) is 11.7. The molecule has 2 heteroatoms. The molecule has 0 spiro atoms. The van der Waals surface area contributed by atoms with E-state index in [9.17, 15) is 4.79 Å². The number of hydrogen-bond acceptors (Lipinski definition) is 2. The minimum atomic E-state index is 0.193. The third-order valence-corrected chi connectivity index (χ3v) is 2.99. The Hall–Kier alpha value is -0.370. The first-order valence-electron chi connectivity index (χ1n) is 5.79. The summed E-state index contributed by atoms with van der Waals surface area (Å²) in [6.45, 7) is 7.20. The lowest BCUT2D eigenvalue weighted by molar-refractivity contribution is -0.124. The van der Waals surface area contributed by atoms with Gasteiger partial charge < -0.3 is 4.74 Å². The van der Waals surface area contributed by atoms with Crippen LogP contribution in [-0.4, -0.2) is 18.5 Å². The number of hydrogen-bond donors (Lipinski definition) is 0. The fourth-order valence-corrected chi connectivity index (χ4v) is 2.04. The molecule has 0 aromatic carbocycles. The summed E-state index contributed by atoms with van der Waals surface area (Å²) < 4.78 is 5.52. The van der Waals surface area contributed by atoms with Crippen LogP contribution in [0.15, 0.2) is 0 Å². The highest BCUT2D eigenvalue weighted by Crippen LogP contribution is 2.26. The van der Waals surface area contributed by atoms with Crippen LogP contribution in [0.2, 0.25) is 0 Å². The molecule has 1 fully saturated rings. The Labute approximate surface area is 87.0 Å². The molecule has 0 bridgehead atoms. The van der Waals surface area contributed by atoms with Crippen LogP contribution in [0.5, 0.6) is 0 Å². The van der Waals surface area contributed by atoms with E-state index >= 15 is 0 Å². The van der Waals surface area contributed by atoms with Crippen LogP contribution in [0.4, 0.5) is 0 Å². The van der Waals surface area contributed by atoms with Crippen molar-refractivity contribution < 1.29 is 9.53 Å². The molecule has 0 N–H and O–H groups in total. The van der Waals surface area contributed by atoms with Gasteiger partial charge in [-0.2, -0.15) is 0 Å². The molecule has 0 aromatic rings. The zero-order valence-electron chi connectivity index (χ0n) is 9.58. The van der Waals surface area contributed by atoms with Crippen molar-refractivity contribution in [3.8, 4) is 0 Å². The van der Waals surface area contributed by atoms with Gasteiger partial charge in [-0.3, -0.25) is 4.79 Å². The molecule has 1 heterocycles. The molecule has 1 aliphatic heterocycles. The summed E-state index contributed by atoms with van der Waals surface area (Å²) in [5.74, 6) is 1.24. The molecular formula is C12H22O2. The van der Waals surface area contributed by atoms with Crippen molar-refractivity contribution in [2.24, 2.45) is 11.8 Å². The van der Waals surface area contributed by atoms with Crippen LogP contribution in [0.1, 0.15) is 46.5 Å². The highest BCUT2D eigenvalue weighted by molar-refractivity contribution is 5.81. The second-order valence-corrected chi connectivity index (χ2v) is 4.61. The van der Waals surface area contributed by atoms with Crippen molar-refractivity contribution in [3.63, 3.8) is 0 Å². The second-order valence-electron chi connectivity index (χ2n) is 4.61. The summed E-state index contributed by atoms with van der Waals surface area (Å²) in [5, 5.41) is 0. The van der Waals surface area contributed by atoms with Crippen molar-refractivity contribution >= 4 is 5.78 Å². The Morgan fingerprint density at radius 3 is 2.79 bits per heavy atom. The first-order valence-corrected chi connectivity index (χ1v) is 5.79. The van der Waals surface area contributed by atoms with E-state index in [1.807, 2.05) is 0 Å². The van der Waals surface area contributed by atoms with Crippen molar-refractivity contribution in [3.05, 3.63) is 0 Å². The number of carbonyl (C=O) groups is 1. The molecule has 0 amide bonds. The maximum Gasteiger partial charge on any atom is 0.138 e. The summed E-state index contributed by atoms with van der Waals surface area (Å²) in [5.41, 5.74) is 0. The van der Waals surface area contributed by atoms with Gasteiger partial charge >= 0.3 is 0 Å². The van der Waals surface area contributed by atoms with Crippen LogP contribution < -0.4 is 0 Å². The van der Waals surface area contributed by atoms with Crippen LogP contribution in [-0.2, 0) is 9.53 Å². The monoisotopic (exact) mass is 198 g/mol. The van der Waals surface area contributed by atoms with Crippen molar-refractivity contribution in [1.82, 2.24) is 0 Å². The number of carbonyl (C=O) groups excluding carboxylic acids is 1. The zero-order chi connectivity index (χ0) is 10.6. The van der Waals surface area contributed by atoms with E-state index in [4.69, 9.17) is 4.74 Å². The largest absolute Gasteiger partial charge is 0.377 e. The van der Waals surface area contributed by atoms with Gasteiger partial charge in [-0.1, -0.05) is 20.8 Å². The van der Waals surface area contributed by atoms with Crippen LogP contribution in [0.25, 0.3) is 0 Å². The first-order chi connectivity index (χ1) is 6.65. The van der Waals surface area contributed by atoms with E-state index in [1.54, 1.807) is 0 Å². The smallest absolute Gasteiger partial charge is 0.138 e. The SMILES string of the molecule is CCC1OCCC1C(=O)CCC(C)C. The van der Waals surface area contributed by atoms with Gasteiger partial charge in [0.15, 0.2) is 0 Å². The molecular weight excluding hydrogens is 176 g/mol. The number of Topliss-reactive ketones (excluding diaryl/α,β-unsaturated/α-hetero) is 1. The predicted molar refractivity (Wildman–Crippen MR) is 57.2 cm³/mol. The molecule has 2 nitrogen and oxygen atoms in total. The Kier molecular flexibility index (Phi) is 4.59. The van der Waals surface area contributed by atoms with Gasteiger partial charge in [0, 0.05) is 18.9 Å². The van der Waals surface area contributed by atoms with E-state index in [0.717, 1.165) is 32.3 Å². The van der Waals surface area contributed by atoms with Crippen molar-refractivity contribution in [2.75, 3.05) is 6.61 Å². The summed E-state index contributed by atoms with van der Waals surface area (Å²) in [7, 11) is 0. The van der Waals surface area contributed by atoms with Gasteiger partial charge in [-0.25, -0.2) is 0 Å². The van der Waals surface area contributed by atoms with Gasteiger partial charge in [-0.05, 0) is 25.2 Å². The van der Waals surface area contributed by atoms with E-state index in [0.29, 0.717) is 11.7 Å². The van der Waals surface area contributed by atoms with E-state index in [-0.39, 0.29) is 12.0 Å². The van der Waals surface area contributed by atoms with Gasteiger partial charge in [0.25, 0.3) is 0 Å². The van der Waals surface area contributed by atoms with Gasteiger partial charge in [0.1, 0.15) is 5.78 Å². The summed E-state index contributed by atoms with van der Waals surface area (Å²) >= 11 is 0. The topological polar surface area (TPSA) is 26.3 Å². The van der Waals surface area contributed by atoms with E-state index < -0.39 is 0 Å². The normalized spacial score (nSPS) is 27.1. The molecule has 14 heavy (non-hydrogen) atoms. The molecule has 2 unspecified atom stereocenters. The average molecular weight is 198 g/mol. The Balaban J connectivity index is 2.35. The fourth-order valence-electron chi connectivity index (χ4n) is 2.04. The Bertz CT molecular complexity index is 187. The van der Waals surface area contributed by atoms with E-state index in [1.165, 1.54) is 0 Å². The Morgan fingerprint density at radius 1 is 1.50 bits per heavy atom. The maximum absolute atomic E-state index is 11.8. The average Bonchev–Trinajstić information content (AvgIpc) is 2.61. The molecule has 0 aliphatic carbocycles. The molecule has 82 valence electrons. The summed E-state index contributed by atoms with van der Waals surface area (Å²) in [6.07, 6.45) is 3.87. The van der Waals surface area contributed by atoms with E-state index in [2.05, 4.69) is 20.8 Å². The second kappa shape index (κ2) is 5.50. The standard InChI is InChI=1S/C12H22O2/c1-4-12-10(7-8-14-12)11(13)6-5-9(2)3/h9-10,12H,4-8H2,1-3H3. The predicted octanol–water partition coefficient (Wildman–Crippen LogP) is 2.81. The van der Waals surface area contributed by atoms with Crippen LogP contribution >= 0.6 is 0 Å². The third kappa shape index (κ3) is 3.09. The maximum atomic E-state index is 11.8. The van der Waals surface area contributed by atoms with Crippen LogP contribution in [0, 0.1) is 11.8 Å². The molecule has 1 aliphatic rings. The number of ether oxygens (including phenoxy) is 1. The minimum absolute atomic E-state index is 0.193. The minimum Gasteiger partial charge on any atom is -0.377 e. The molecule has 2 atom stereocenters. The molecule has 0 saturated carbocycles. The van der Waals surface area contributed by atoms with Crippen LogP contribution in [0.3, 0.4) is 0 Å². The number of rotatable bonds is 5. The summed E-state index contributed by atoms with van der Waals surface area (Å²) in [6, 6.07) is 0. The number of ketones is 1. The summed E-state index contributed by atoms with van der Waals surface area (Å²) in [4.78, 5) is 11.8. The molecule has 0 radical (unpaired) electrons. The van der Waals surface area contributed by atoms with Gasteiger partial charge in [0.2, 0.25) is 0 Å². The lowest BCUT2D eigenvalue weighted by Crippen LogP contribution is -2.23. The van der Waals surface area contributed by atoms with Crippen molar-refractivity contribution in [2.45, 2.75) is 52.6 Å². The lowest BCUT2D eigenvalue weighted by atomic mass is 9.91. The highest BCUT2D eigenvalue weighted by atomic mass is 16.5. The molecule has 0 aromatic heterocycles. The zero-order valence-corrected chi connectivity index (χ0v) is 9.58. The quantitative estimate of drug-likeness (QED) is 0.679. The lowest BCUT2D eigenvalue weighted by Gasteiger charge is -2.15.